The van der Waals surface area contributed by atoms with Crippen molar-refractivity contribution in [2.45, 2.75) is 43.2 Å². The molecule has 33 heavy (non-hydrogen) atoms. The number of carbonyl (C=O) groups is 2. The number of aryl methyl sites for hydroxylation is 1. The summed E-state index contributed by atoms with van der Waals surface area (Å²) in [7, 11) is 0. The summed E-state index contributed by atoms with van der Waals surface area (Å²) >= 11 is 1.24. The average Bonchev–Trinajstić information content (AvgIpc) is 3.58. The van der Waals surface area contributed by atoms with Crippen molar-refractivity contribution in [1.29, 1.82) is 0 Å². The van der Waals surface area contributed by atoms with Crippen LogP contribution in [0.3, 0.4) is 0 Å². The van der Waals surface area contributed by atoms with E-state index in [-0.39, 0.29) is 11.7 Å². The number of amides is 1. The molecule has 0 radical (unpaired) electrons. The van der Waals surface area contributed by atoms with Gasteiger partial charge in [0.25, 0.3) is 5.22 Å². The van der Waals surface area contributed by atoms with E-state index in [4.69, 9.17) is 4.42 Å². The van der Waals surface area contributed by atoms with Crippen LogP contribution >= 0.6 is 11.8 Å². The van der Waals surface area contributed by atoms with Crippen molar-refractivity contribution in [3.8, 4) is 0 Å². The molecule has 0 unspecified atom stereocenters. The largest absolute Gasteiger partial charge is 0.414 e. The fourth-order valence-corrected chi connectivity index (χ4v) is 5.20. The van der Waals surface area contributed by atoms with E-state index in [1.54, 1.807) is 11.1 Å². The van der Waals surface area contributed by atoms with Crippen molar-refractivity contribution < 1.29 is 14.0 Å². The van der Waals surface area contributed by atoms with Crippen molar-refractivity contribution in [2.24, 2.45) is 0 Å². The molecule has 2 aromatic heterocycles. The summed E-state index contributed by atoms with van der Waals surface area (Å²) in [5.41, 5.74) is 3.68. The lowest BCUT2D eigenvalue weighted by molar-refractivity contribution is -0.128. The number of thioether (sulfide) groups is 1. The van der Waals surface area contributed by atoms with Crippen LogP contribution in [0.15, 0.2) is 64.4 Å². The first kappa shape index (κ1) is 21.5. The highest BCUT2D eigenvalue weighted by molar-refractivity contribution is 8.00. The van der Waals surface area contributed by atoms with Crippen LogP contribution < -0.4 is 0 Å². The fourth-order valence-electron chi connectivity index (χ4n) is 4.24. The number of ketones is 1. The Labute approximate surface area is 195 Å². The lowest BCUT2D eigenvalue weighted by atomic mass is 10.0. The Balaban J connectivity index is 1.44. The SMILES string of the molecule is CCc1cccc2c(C(=O)[C@@H](Sc3nnc(CN4CCCC4=O)o3)c3ccccc3)c[nH]c12. The monoisotopic (exact) mass is 460 g/mol. The van der Waals surface area contributed by atoms with Crippen LogP contribution in [0.5, 0.6) is 0 Å². The maximum absolute atomic E-state index is 13.8. The lowest BCUT2D eigenvalue weighted by Crippen LogP contribution is -2.23. The first-order chi connectivity index (χ1) is 16.1. The van der Waals surface area contributed by atoms with E-state index in [2.05, 4.69) is 28.2 Å². The molecule has 1 N–H and O–H groups in total. The minimum Gasteiger partial charge on any atom is -0.414 e. The van der Waals surface area contributed by atoms with Gasteiger partial charge in [-0.25, -0.2) is 0 Å². The molecular weight excluding hydrogens is 436 g/mol. The van der Waals surface area contributed by atoms with E-state index in [0.29, 0.717) is 36.2 Å². The number of nitrogens with zero attached hydrogens (tertiary/aromatic N) is 3. The molecule has 0 aliphatic carbocycles. The third kappa shape index (κ3) is 4.30. The molecule has 0 spiro atoms. The third-order valence-corrected chi connectivity index (χ3v) is 7.04. The number of carbonyl (C=O) groups excluding carboxylic acids is 2. The molecule has 1 fully saturated rings. The summed E-state index contributed by atoms with van der Waals surface area (Å²) in [6.07, 6.45) is 4.09. The van der Waals surface area contributed by atoms with Crippen LogP contribution in [0.25, 0.3) is 10.9 Å². The van der Waals surface area contributed by atoms with Crippen molar-refractivity contribution in [3.63, 3.8) is 0 Å². The summed E-state index contributed by atoms with van der Waals surface area (Å²) in [6, 6.07) is 15.7. The highest BCUT2D eigenvalue weighted by Gasteiger charge is 2.29. The number of nitrogens with one attached hydrogen (secondary N) is 1. The van der Waals surface area contributed by atoms with Crippen molar-refractivity contribution in [1.82, 2.24) is 20.1 Å². The van der Waals surface area contributed by atoms with Gasteiger partial charge < -0.3 is 14.3 Å². The minimum atomic E-state index is -0.544. The van der Waals surface area contributed by atoms with Gasteiger partial charge in [-0.3, -0.25) is 9.59 Å². The first-order valence-electron chi connectivity index (χ1n) is 11.1. The Hall–Kier alpha value is -3.39. The number of H-pyrrole nitrogens is 1. The van der Waals surface area contributed by atoms with Gasteiger partial charge in [-0.2, -0.15) is 0 Å². The van der Waals surface area contributed by atoms with Crippen LogP contribution in [0.2, 0.25) is 0 Å². The van der Waals surface area contributed by atoms with E-state index in [1.807, 2.05) is 42.5 Å². The highest BCUT2D eigenvalue weighted by atomic mass is 32.2. The zero-order valence-electron chi connectivity index (χ0n) is 18.3. The molecule has 1 atom stereocenters. The van der Waals surface area contributed by atoms with Gasteiger partial charge in [0, 0.05) is 35.6 Å². The van der Waals surface area contributed by atoms with Crippen molar-refractivity contribution >= 4 is 34.4 Å². The topological polar surface area (TPSA) is 92.1 Å². The molecule has 1 aliphatic heterocycles. The number of hydrogen-bond donors (Lipinski definition) is 1. The maximum atomic E-state index is 13.8. The van der Waals surface area contributed by atoms with Crippen LogP contribution in [0.4, 0.5) is 0 Å². The average molecular weight is 461 g/mol. The number of likely N-dealkylation sites (tertiary alicyclic amines) is 1. The number of rotatable bonds is 8. The van der Waals surface area contributed by atoms with E-state index >= 15 is 0 Å². The van der Waals surface area contributed by atoms with Gasteiger partial charge in [-0.1, -0.05) is 55.5 Å². The zero-order chi connectivity index (χ0) is 22.8. The second-order valence-electron chi connectivity index (χ2n) is 8.05. The Morgan fingerprint density at radius 1 is 1.18 bits per heavy atom. The maximum Gasteiger partial charge on any atom is 0.277 e. The van der Waals surface area contributed by atoms with Gasteiger partial charge in [0.2, 0.25) is 11.8 Å². The Kier molecular flexibility index (Phi) is 6.00. The molecule has 3 heterocycles. The quantitative estimate of drug-likeness (QED) is 0.295. The molecular formula is C25H24N4O3S. The summed E-state index contributed by atoms with van der Waals surface area (Å²) in [6.45, 7) is 3.11. The molecule has 0 saturated carbocycles. The summed E-state index contributed by atoms with van der Waals surface area (Å²) in [5.74, 6) is 0.456. The molecule has 1 aliphatic rings. The van der Waals surface area contributed by atoms with Gasteiger partial charge in [-0.05, 0) is 35.7 Å². The fraction of sp³-hybridized carbons (Fsp3) is 0.280. The second-order valence-corrected chi connectivity index (χ2v) is 9.11. The Bertz CT molecular complexity index is 1300. The highest BCUT2D eigenvalue weighted by Crippen LogP contribution is 2.39. The number of aromatic nitrogens is 3. The second kappa shape index (κ2) is 9.23. The van der Waals surface area contributed by atoms with Gasteiger partial charge in [0.05, 0.1) is 6.54 Å². The number of fused-ring (bicyclic) bond motifs is 1. The number of benzene rings is 2. The molecule has 1 saturated heterocycles. The molecule has 168 valence electrons. The van der Waals surface area contributed by atoms with E-state index in [0.717, 1.165) is 29.3 Å². The lowest BCUT2D eigenvalue weighted by Gasteiger charge is -2.14. The van der Waals surface area contributed by atoms with Gasteiger partial charge in [-0.15, -0.1) is 10.2 Å². The predicted octanol–water partition coefficient (Wildman–Crippen LogP) is 4.95. The molecule has 1 amide bonds. The third-order valence-electron chi connectivity index (χ3n) is 5.95. The predicted molar refractivity (Wildman–Crippen MR) is 126 cm³/mol. The van der Waals surface area contributed by atoms with E-state index < -0.39 is 5.25 Å². The first-order valence-corrected chi connectivity index (χ1v) is 12.0. The molecule has 4 aromatic rings. The summed E-state index contributed by atoms with van der Waals surface area (Å²) in [5, 5.41) is 8.94. The molecule has 8 heteroatoms. The van der Waals surface area contributed by atoms with E-state index in [1.165, 1.54) is 17.3 Å². The molecule has 0 bridgehead atoms. The summed E-state index contributed by atoms with van der Waals surface area (Å²) in [4.78, 5) is 30.7. The normalized spacial score (nSPS) is 14.8. The number of para-hydroxylation sites is 1. The molecule has 7 nitrogen and oxygen atoms in total. The van der Waals surface area contributed by atoms with Gasteiger partial charge in [0.1, 0.15) is 5.25 Å². The van der Waals surface area contributed by atoms with Crippen LogP contribution in [0.1, 0.15) is 52.4 Å². The van der Waals surface area contributed by atoms with E-state index in [9.17, 15) is 9.59 Å². The standard InChI is InChI=1S/C25H24N4O3S/c1-2-16-10-6-11-18-19(14-26-22(16)18)23(31)24(17-8-4-3-5-9-17)33-25-28-27-20(32-25)15-29-13-7-12-21(29)30/h3-6,8-11,14,24,26H,2,7,12-13,15H2,1H3/t24-/m0/s1. The number of hydrogen-bond acceptors (Lipinski definition) is 6. The van der Waals surface area contributed by atoms with Crippen molar-refractivity contribution in [3.05, 3.63) is 77.3 Å². The van der Waals surface area contributed by atoms with Crippen LogP contribution in [-0.4, -0.2) is 38.3 Å². The minimum absolute atomic E-state index is 0.0276. The Morgan fingerprint density at radius 2 is 2.03 bits per heavy atom. The summed E-state index contributed by atoms with van der Waals surface area (Å²) < 4.78 is 5.82. The molecule has 2 aromatic carbocycles. The van der Waals surface area contributed by atoms with Gasteiger partial charge in [0.15, 0.2) is 5.78 Å². The smallest absolute Gasteiger partial charge is 0.277 e. The van der Waals surface area contributed by atoms with Crippen molar-refractivity contribution in [2.75, 3.05) is 6.54 Å². The van der Waals surface area contributed by atoms with Crippen LogP contribution in [-0.2, 0) is 17.8 Å². The van der Waals surface area contributed by atoms with Crippen LogP contribution in [0, 0.1) is 0 Å². The molecule has 5 rings (SSSR count). The number of aromatic amines is 1. The van der Waals surface area contributed by atoms with Gasteiger partial charge >= 0.3 is 0 Å². The zero-order valence-corrected chi connectivity index (χ0v) is 19.1. The number of Topliss-reactive ketones (excluding diaryl/α,β-unsaturated/α-hetero) is 1. The Morgan fingerprint density at radius 3 is 2.79 bits per heavy atom.